The lowest BCUT2D eigenvalue weighted by Gasteiger charge is -2.18. The highest BCUT2D eigenvalue weighted by Crippen LogP contribution is 2.26. The fourth-order valence-corrected chi connectivity index (χ4v) is 1.60. The van der Waals surface area contributed by atoms with E-state index in [1.54, 1.807) is 5.57 Å². The zero-order chi connectivity index (χ0) is 6.81. The quantitative estimate of drug-likeness (QED) is 0.461. The highest BCUT2D eigenvalue weighted by Gasteiger charge is 2.18. The van der Waals surface area contributed by atoms with E-state index in [1.807, 2.05) is 0 Å². The number of allylic oxidation sites excluding steroid dienone is 3. The van der Waals surface area contributed by atoms with E-state index in [-0.39, 0.29) is 0 Å². The van der Waals surface area contributed by atoms with E-state index in [0.29, 0.717) is 0 Å². The van der Waals surface area contributed by atoms with Gasteiger partial charge < -0.3 is 0 Å². The second-order valence-electron chi connectivity index (χ2n) is 2.93. The van der Waals surface area contributed by atoms with Crippen LogP contribution in [0.3, 0.4) is 0 Å². The summed E-state index contributed by atoms with van der Waals surface area (Å²) in [4.78, 5) is 3.16. The monoisotopic (exact) mass is 134 g/mol. The van der Waals surface area contributed by atoms with Gasteiger partial charge in [0.25, 0.3) is 0 Å². The summed E-state index contributed by atoms with van der Waals surface area (Å²) in [6, 6.07) is 0. The Balaban J connectivity index is 2.23. The van der Waals surface area contributed by atoms with Crippen molar-refractivity contribution >= 4 is 6.21 Å². The summed E-state index contributed by atoms with van der Waals surface area (Å²) in [7, 11) is 0. The Bertz CT molecular complexity index is 211. The van der Waals surface area contributed by atoms with Crippen molar-refractivity contribution in [2.24, 2.45) is 5.92 Å². The van der Waals surface area contributed by atoms with Crippen molar-refractivity contribution in [3.63, 3.8) is 0 Å². The molecule has 10 heavy (non-hydrogen) atoms. The Labute approximate surface area is 61.2 Å². The van der Waals surface area contributed by atoms with Crippen LogP contribution in [0.5, 0.6) is 0 Å². The average molecular weight is 134 g/mol. The van der Waals surface area contributed by atoms with Gasteiger partial charge in [-0.3, -0.25) is 0 Å². The van der Waals surface area contributed by atoms with Crippen LogP contribution < -0.4 is 4.99 Å². The fourth-order valence-electron chi connectivity index (χ4n) is 1.60. The fraction of sp³-hybridized carbons (Fsp3) is 0.444. The molecular formula is C9H12N+. The zero-order valence-electron chi connectivity index (χ0n) is 6.01. The van der Waals surface area contributed by atoms with Gasteiger partial charge in [0, 0.05) is 12.0 Å². The summed E-state index contributed by atoms with van der Waals surface area (Å²) in [5.41, 5.74) is 1.57. The minimum Gasteiger partial charge on any atom is -0.222 e. The Kier molecular flexibility index (Phi) is 1.42. The van der Waals surface area contributed by atoms with E-state index < -0.39 is 0 Å². The van der Waals surface area contributed by atoms with Crippen molar-refractivity contribution in [1.82, 2.24) is 0 Å². The maximum absolute atomic E-state index is 3.16. The van der Waals surface area contributed by atoms with Gasteiger partial charge >= 0.3 is 0 Å². The highest BCUT2D eigenvalue weighted by atomic mass is 14.7. The van der Waals surface area contributed by atoms with E-state index >= 15 is 0 Å². The smallest absolute Gasteiger partial charge is 0.166 e. The number of hydrogen-bond donors (Lipinski definition) is 1. The van der Waals surface area contributed by atoms with Crippen LogP contribution in [0.2, 0.25) is 0 Å². The lowest BCUT2D eigenvalue weighted by molar-refractivity contribution is -0.372. The minimum atomic E-state index is 0.811. The summed E-state index contributed by atoms with van der Waals surface area (Å²) in [6.45, 7) is 0. The molecule has 0 aromatic carbocycles. The number of hydrogen-bond acceptors (Lipinski definition) is 0. The third kappa shape index (κ3) is 0.919. The van der Waals surface area contributed by atoms with Crippen LogP contribution in [-0.2, 0) is 0 Å². The van der Waals surface area contributed by atoms with E-state index in [4.69, 9.17) is 0 Å². The summed E-state index contributed by atoms with van der Waals surface area (Å²) < 4.78 is 0. The maximum atomic E-state index is 3.16. The van der Waals surface area contributed by atoms with Crippen LogP contribution in [0.25, 0.3) is 0 Å². The summed E-state index contributed by atoms with van der Waals surface area (Å²) in [5.74, 6) is 0.811. The minimum absolute atomic E-state index is 0.811. The van der Waals surface area contributed by atoms with Gasteiger partial charge in [0.2, 0.25) is 0 Å². The predicted octanol–water partition coefficient (Wildman–Crippen LogP) is 0.392. The molecule has 1 N–H and O–H groups in total. The van der Waals surface area contributed by atoms with Gasteiger partial charge in [-0.15, -0.1) is 0 Å². The average Bonchev–Trinajstić information content (AvgIpc) is 2.05. The Morgan fingerprint density at radius 1 is 1.30 bits per heavy atom. The molecule has 1 atom stereocenters. The van der Waals surface area contributed by atoms with Crippen molar-refractivity contribution in [1.29, 1.82) is 0 Å². The SMILES string of the molecule is C1=CCC2CC=[NH+]C=C2C1. The molecule has 1 unspecified atom stereocenters. The molecule has 0 aromatic heterocycles. The third-order valence-corrected chi connectivity index (χ3v) is 2.25. The van der Waals surface area contributed by atoms with Crippen LogP contribution in [0.4, 0.5) is 0 Å². The van der Waals surface area contributed by atoms with Gasteiger partial charge in [-0.25, -0.2) is 4.99 Å². The molecule has 0 amide bonds. The van der Waals surface area contributed by atoms with Crippen LogP contribution in [-0.4, -0.2) is 6.21 Å². The second-order valence-corrected chi connectivity index (χ2v) is 2.93. The van der Waals surface area contributed by atoms with Gasteiger partial charge in [-0.1, -0.05) is 12.2 Å². The first-order chi connectivity index (χ1) is 4.97. The largest absolute Gasteiger partial charge is 0.222 e. The lowest BCUT2D eigenvalue weighted by Crippen LogP contribution is -2.63. The van der Waals surface area contributed by atoms with Gasteiger partial charge in [-0.05, 0) is 18.8 Å². The Morgan fingerprint density at radius 2 is 2.30 bits per heavy atom. The molecule has 0 spiro atoms. The van der Waals surface area contributed by atoms with Gasteiger partial charge in [0.05, 0.1) is 0 Å². The first kappa shape index (κ1) is 5.90. The van der Waals surface area contributed by atoms with E-state index in [1.165, 1.54) is 12.8 Å². The predicted molar refractivity (Wildman–Crippen MR) is 41.6 cm³/mol. The first-order valence-corrected chi connectivity index (χ1v) is 3.88. The van der Waals surface area contributed by atoms with Gasteiger partial charge in [-0.2, -0.15) is 0 Å². The summed E-state index contributed by atoms with van der Waals surface area (Å²) in [5, 5.41) is 0. The molecule has 0 aromatic rings. The van der Waals surface area contributed by atoms with E-state index in [0.717, 1.165) is 12.3 Å². The Morgan fingerprint density at radius 3 is 3.20 bits per heavy atom. The van der Waals surface area contributed by atoms with E-state index in [2.05, 4.69) is 29.6 Å². The molecule has 0 saturated heterocycles. The topological polar surface area (TPSA) is 14.0 Å². The van der Waals surface area contributed by atoms with Crippen LogP contribution in [0.15, 0.2) is 23.9 Å². The van der Waals surface area contributed by atoms with Crippen molar-refractivity contribution in [2.45, 2.75) is 19.3 Å². The third-order valence-electron chi connectivity index (χ3n) is 2.25. The summed E-state index contributed by atoms with van der Waals surface area (Å²) in [6.07, 6.45) is 12.5. The Hall–Kier alpha value is -0.850. The van der Waals surface area contributed by atoms with Crippen molar-refractivity contribution in [3.05, 3.63) is 23.9 Å². The molecular weight excluding hydrogens is 122 g/mol. The zero-order valence-corrected chi connectivity index (χ0v) is 6.01. The molecule has 0 bridgehead atoms. The van der Waals surface area contributed by atoms with Gasteiger partial charge in [0.1, 0.15) is 6.21 Å². The molecule has 1 aliphatic heterocycles. The molecule has 52 valence electrons. The molecule has 2 aliphatic rings. The standard InChI is InChI=1S/C9H11N/c1-2-4-9-7-10-6-5-8(9)3-1/h1-2,6-8H,3-5H2/p+1. The molecule has 0 radical (unpaired) electrons. The van der Waals surface area contributed by atoms with Crippen LogP contribution >= 0.6 is 0 Å². The molecule has 0 fully saturated rings. The van der Waals surface area contributed by atoms with Crippen LogP contribution in [0.1, 0.15) is 19.3 Å². The van der Waals surface area contributed by atoms with Crippen LogP contribution in [0, 0.1) is 5.92 Å². The molecule has 0 saturated carbocycles. The number of nitrogens with one attached hydrogen (secondary N) is 1. The van der Waals surface area contributed by atoms with Crippen molar-refractivity contribution in [2.75, 3.05) is 0 Å². The lowest BCUT2D eigenvalue weighted by atomic mass is 9.86. The second kappa shape index (κ2) is 2.41. The number of rotatable bonds is 0. The number of fused-ring (bicyclic) bond motifs is 1. The van der Waals surface area contributed by atoms with Gasteiger partial charge in [0.15, 0.2) is 6.20 Å². The molecule has 1 heteroatoms. The molecule has 1 heterocycles. The molecule has 2 rings (SSSR count). The molecule has 1 aliphatic carbocycles. The first-order valence-electron chi connectivity index (χ1n) is 3.88. The summed E-state index contributed by atoms with van der Waals surface area (Å²) >= 11 is 0. The van der Waals surface area contributed by atoms with Crippen molar-refractivity contribution < 1.29 is 4.99 Å². The van der Waals surface area contributed by atoms with E-state index in [9.17, 15) is 0 Å². The normalized spacial score (nSPS) is 29.6. The maximum Gasteiger partial charge on any atom is 0.166 e. The van der Waals surface area contributed by atoms with Crippen molar-refractivity contribution in [3.8, 4) is 0 Å². The highest BCUT2D eigenvalue weighted by molar-refractivity contribution is 5.53. The molecule has 1 nitrogen and oxygen atoms in total.